The summed E-state index contributed by atoms with van der Waals surface area (Å²) in [5.74, 6) is -0.0714. The molecule has 2 aromatic carbocycles. The van der Waals surface area contributed by atoms with E-state index >= 15 is 0 Å². The number of nitrogens with zero attached hydrogens (tertiary/aromatic N) is 1. The first kappa shape index (κ1) is 22.3. The van der Waals surface area contributed by atoms with Gasteiger partial charge in [-0.05, 0) is 55.9 Å². The number of allylic oxidation sites excluding steroid dienone is 1. The van der Waals surface area contributed by atoms with E-state index in [-0.39, 0.29) is 19.1 Å². The van der Waals surface area contributed by atoms with Gasteiger partial charge in [-0.1, -0.05) is 30.3 Å². The Balaban J connectivity index is 1.78. The molecule has 1 aliphatic rings. The van der Waals surface area contributed by atoms with Gasteiger partial charge in [0.2, 0.25) is 0 Å². The van der Waals surface area contributed by atoms with E-state index in [1.165, 1.54) is 0 Å². The number of benzene rings is 2. The molecule has 3 rings (SSSR count). The second-order valence-corrected chi connectivity index (χ2v) is 7.32. The molecule has 1 heterocycles. The fourth-order valence-corrected chi connectivity index (χ4v) is 3.47. The number of nitrogens with one attached hydrogen (secondary N) is 2. The topological polar surface area (TPSA) is 79.9 Å². The predicted molar refractivity (Wildman–Crippen MR) is 123 cm³/mol. The third-order valence-corrected chi connectivity index (χ3v) is 5.26. The van der Waals surface area contributed by atoms with Crippen LogP contribution in [0.4, 0.5) is 5.69 Å². The minimum atomic E-state index is -0.486. The van der Waals surface area contributed by atoms with Crippen LogP contribution in [0.15, 0.2) is 65.9 Å². The fourth-order valence-electron chi connectivity index (χ4n) is 3.22. The first-order valence-electron chi connectivity index (χ1n) is 9.90. The van der Waals surface area contributed by atoms with E-state index in [1.807, 2.05) is 37.3 Å². The van der Waals surface area contributed by atoms with Crippen LogP contribution in [0.3, 0.4) is 0 Å². The summed E-state index contributed by atoms with van der Waals surface area (Å²) in [6, 6.07) is 15.9. The lowest BCUT2D eigenvalue weighted by Crippen LogP contribution is -2.46. The highest BCUT2D eigenvalue weighted by Crippen LogP contribution is 2.31. The lowest BCUT2D eigenvalue weighted by molar-refractivity contribution is -0.139. The summed E-state index contributed by atoms with van der Waals surface area (Å²) >= 11 is 5.41. The molecule has 0 bridgehead atoms. The molecular weight excluding hydrogens is 414 g/mol. The van der Waals surface area contributed by atoms with E-state index in [1.54, 1.807) is 43.1 Å². The highest BCUT2D eigenvalue weighted by molar-refractivity contribution is 7.80. The Morgan fingerprint density at radius 2 is 1.90 bits per heavy atom. The Morgan fingerprint density at radius 3 is 2.61 bits per heavy atom. The predicted octanol–water partition coefficient (Wildman–Crippen LogP) is 3.40. The average molecular weight is 440 g/mol. The minimum absolute atomic E-state index is 0.113. The molecule has 7 nitrogen and oxygen atoms in total. The molecule has 0 aromatic heterocycles. The maximum absolute atomic E-state index is 12.7. The molecule has 31 heavy (non-hydrogen) atoms. The number of carbonyl (C=O) groups excluding carboxylic acids is 2. The summed E-state index contributed by atoms with van der Waals surface area (Å²) in [5, 5.41) is 6.52. The first-order valence-corrected chi connectivity index (χ1v) is 10.3. The van der Waals surface area contributed by atoms with Crippen molar-refractivity contribution < 1.29 is 19.1 Å². The van der Waals surface area contributed by atoms with Crippen molar-refractivity contribution in [3.8, 4) is 5.75 Å². The van der Waals surface area contributed by atoms with Gasteiger partial charge in [-0.2, -0.15) is 0 Å². The van der Waals surface area contributed by atoms with Crippen molar-refractivity contribution in [3.63, 3.8) is 0 Å². The molecule has 0 radical (unpaired) electrons. The Labute approximate surface area is 187 Å². The Hall–Kier alpha value is -3.39. The van der Waals surface area contributed by atoms with Crippen LogP contribution >= 0.6 is 12.2 Å². The molecule has 0 fully saturated rings. The van der Waals surface area contributed by atoms with Gasteiger partial charge in [0.1, 0.15) is 5.75 Å². The molecule has 0 saturated heterocycles. The van der Waals surface area contributed by atoms with E-state index < -0.39 is 12.0 Å². The standard InChI is InChI=1S/C23H25N3O4S/c1-4-29-22(28)20-15(2)26(3)23(31)25-21(20)16-9-8-10-17(13-16)24-19(27)14-30-18-11-6-5-7-12-18/h5-13,21H,4,14H2,1-3H3,(H,24,27)(H,25,31). The lowest BCUT2D eigenvalue weighted by atomic mass is 9.95. The van der Waals surface area contributed by atoms with Crippen molar-refractivity contribution in [2.75, 3.05) is 25.6 Å². The summed E-state index contributed by atoms with van der Waals surface area (Å²) in [6.45, 7) is 3.76. The van der Waals surface area contributed by atoms with Crippen LogP contribution < -0.4 is 15.4 Å². The third-order valence-electron chi connectivity index (χ3n) is 4.87. The van der Waals surface area contributed by atoms with Crippen LogP contribution in [-0.2, 0) is 14.3 Å². The van der Waals surface area contributed by atoms with E-state index in [9.17, 15) is 9.59 Å². The van der Waals surface area contributed by atoms with Gasteiger partial charge in [0.05, 0.1) is 18.2 Å². The molecule has 1 unspecified atom stereocenters. The van der Waals surface area contributed by atoms with Gasteiger partial charge in [0.25, 0.3) is 5.91 Å². The lowest BCUT2D eigenvalue weighted by Gasteiger charge is -2.35. The normalized spacial score (nSPS) is 15.9. The molecule has 2 N–H and O–H groups in total. The molecule has 0 saturated carbocycles. The number of carbonyl (C=O) groups is 2. The molecule has 2 aromatic rings. The number of hydrogen-bond acceptors (Lipinski definition) is 5. The molecule has 0 aliphatic carbocycles. The molecule has 0 spiro atoms. The van der Waals surface area contributed by atoms with Crippen molar-refractivity contribution in [1.82, 2.24) is 10.2 Å². The van der Waals surface area contributed by atoms with Crippen molar-refractivity contribution in [1.29, 1.82) is 0 Å². The largest absolute Gasteiger partial charge is 0.484 e. The zero-order chi connectivity index (χ0) is 22.4. The highest BCUT2D eigenvalue weighted by atomic mass is 32.1. The second-order valence-electron chi connectivity index (χ2n) is 6.94. The molecular formula is C23H25N3O4S. The third kappa shape index (κ3) is 5.40. The van der Waals surface area contributed by atoms with Gasteiger partial charge in [-0.15, -0.1) is 0 Å². The number of ether oxygens (including phenoxy) is 2. The minimum Gasteiger partial charge on any atom is -0.484 e. The first-order chi connectivity index (χ1) is 14.9. The average Bonchev–Trinajstić information content (AvgIpc) is 2.77. The van der Waals surface area contributed by atoms with Gasteiger partial charge in [0, 0.05) is 18.4 Å². The summed E-state index contributed by atoms with van der Waals surface area (Å²) in [7, 11) is 1.80. The zero-order valence-corrected chi connectivity index (χ0v) is 18.5. The van der Waals surface area contributed by atoms with Gasteiger partial charge >= 0.3 is 5.97 Å². The number of hydrogen-bond donors (Lipinski definition) is 2. The summed E-state index contributed by atoms with van der Waals surface area (Å²) < 4.78 is 10.7. The van der Waals surface area contributed by atoms with Crippen LogP contribution in [0, 0.1) is 0 Å². The van der Waals surface area contributed by atoms with Gasteiger partial charge < -0.3 is 25.0 Å². The molecule has 8 heteroatoms. The Kier molecular flexibility index (Phi) is 7.25. The SMILES string of the molecule is CCOC(=O)C1=C(C)N(C)C(=S)NC1c1cccc(NC(=O)COc2ccccc2)c1. The van der Waals surface area contributed by atoms with Crippen LogP contribution in [0.2, 0.25) is 0 Å². The molecule has 1 aliphatic heterocycles. The maximum atomic E-state index is 12.7. The molecule has 1 atom stereocenters. The van der Waals surface area contributed by atoms with Crippen molar-refractivity contribution >= 4 is 34.9 Å². The van der Waals surface area contributed by atoms with Crippen LogP contribution in [0.1, 0.15) is 25.5 Å². The quantitative estimate of drug-likeness (QED) is 0.506. The summed E-state index contributed by atoms with van der Waals surface area (Å²) in [6.07, 6.45) is 0. The van der Waals surface area contributed by atoms with Gasteiger partial charge in [0.15, 0.2) is 11.7 Å². The zero-order valence-electron chi connectivity index (χ0n) is 17.7. The summed E-state index contributed by atoms with van der Waals surface area (Å²) in [4.78, 5) is 26.7. The number of para-hydroxylation sites is 1. The Bertz CT molecular complexity index is 1010. The number of rotatable bonds is 7. The fraction of sp³-hybridized carbons (Fsp3) is 0.261. The van der Waals surface area contributed by atoms with E-state index in [4.69, 9.17) is 21.7 Å². The van der Waals surface area contributed by atoms with Gasteiger partial charge in [-0.25, -0.2) is 4.79 Å². The monoisotopic (exact) mass is 439 g/mol. The maximum Gasteiger partial charge on any atom is 0.338 e. The number of thiocarbonyl (C=S) groups is 1. The van der Waals surface area contributed by atoms with Crippen molar-refractivity contribution in [3.05, 3.63) is 71.4 Å². The molecule has 162 valence electrons. The number of anilines is 1. The Morgan fingerprint density at radius 1 is 1.16 bits per heavy atom. The van der Waals surface area contributed by atoms with E-state index in [2.05, 4.69) is 10.6 Å². The van der Waals surface area contributed by atoms with E-state index in [0.717, 1.165) is 11.3 Å². The number of amides is 1. The van der Waals surface area contributed by atoms with Crippen LogP contribution in [0.25, 0.3) is 0 Å². The van der Waals surface area contributed by atoms with Crippen LogP contribution in [-0.4, -0.2) is 42.2 Å². The van der Waals surface area contributed by atoms with Crippen molar-refractivity contribution in [2.24, 2.45) is 0 Å². The molecule has 1 amide bonds. The van der Waals surface area contributed by atoms with E-state index in [0.29, 0.717) is 22.1 Å². The smallest absolute Gasteiger partial charge is 0.338 e. The van der Waals surface area contributed by atoms with Gasteiger partial charge in [-0.3, -0.25) is 4.79 Å². The van der Waals surface area contributed by atoms with Crippen LogP contribution in [0.5, 0.6) is 5.75 Å². The highest BCUT2D eigenvalue weighted by Gasteiger charge is 2.33. The second kappa shape index (κ2) is 10.1. The summed E-state index contributed by atoms with van der Waals surface area (Å²) in [5.41, 5.74) is 2.57. The van der Waals surface area contributed by atoms with Crippen molar-refractivity contribution in [2.45, 2.75) is 19.9 Å². The number of esters is 1.